The molecule has 0 bridgehead atoms. The minimum atomic E-state index is -0.299. The highest BCUT2D eigenvalue weighted by atomic mass is 32.2. The molecule has 4 N–H and O–H groups in total. The van der Waals surface area contributed by atoms with E-state index in [9.17, 15) is 9.18 Å². The fourth-order valence-corrected chi connectivity index (χ4v) is 3.72. The van der Waals surface area contributed by atoms with Crippen molar-refractivity contribution < 1.29 is 9.18 Å². The Hall–Kier alpha value is -2.75. The molecule has 1 aliphatic heterocycles. The van der Waals surface area contributed by atoms with Gasteiger partial charge in [-0.1, -0.05) is 23.9 Å². The van der Waals surface area contributed by atoms with Crippen LogP contribution in [-0.4, -0.2) is 33.8 Å². The highest BCUT2D eigenvalue weighted by Gasteiger charge is 2.21. The number of nitrogens with zero attached hydrogens (tertiary/aromatic N) is 2. The molecule has 1 amide bonds. The van der Waals surface area contributed by atoms with Crippen LogP contribution in [0.25, 0.3) is 10.9 Å². The molecule has 0 saturated carbocycles. The van der Waals surface area contributed by atoms with Gasteiger partial charge in [-0.15, -0.1) is 0 Å². The molecule has 1 fully saturated rings. The lowest BCUT2D eigenvalue weighted by atomic mass is 10.2. The third kappa shape index (κ3) is 5.00. The van der Waals surface area contributed by atoms with E-state index in [1.54, 1.807) is 12.1 Å². The van der Waals surface area contributed by atoms with Crippen molar-refractivity contribution in [2.45, 2.75) is 30.7 Å². The minimum absolute atomic E-state index is 0.0775. The summed E-state index contributed by atoms with van der Waals surface area (Å²) < 4.78 is 13.2. The molecule has 9 heteroatoms. The maximum Gasteiger partial charge on any atom is 0.231 e. The Morgan fingerprint density at radius 2 is 1.97 bits per heavy atom. The lowest BCUT2D eigenvalue weighted by molar-refractivity contribution is -0.119. The van der Waals surface area contributed by atoms with E-state index in [0.717, 1.165) is 23.0 Å². The summed E-state index contributed by atoms with van der Waals surface area (Å²) in [5, 5.41) is 7.49. The average molecular weight is 412 g/mol. The topological polar surface area (TPSA) is 91.0 Å². The SMILES string of the molecule is CC1CC(NC(=O)CSc2nc(Nc3ccc(F)cc3)c3ccccc3n2)NN1. The second kappa shape index (κ2) is 8.73. The summed E-state index contributed by atoms with van der Waals surface area (Å²) in [5.41, 5.74) is 7.61. The lowest BCUT2D eigenvalue weighted by Gasteiger charge is -2.12. The number of fused-ring (bicyclic) bond motifs is 1. The van der Waals surface area contributed by atoms with Gasteiger partial charge < -0.3 is 10.6 Å². The molecule has 2 atom stereocenters. The number of amides is 1. The molecule has 0 aliphatic carbocycles. The zero-order chi connectivity index (χ0) is 20.2. The zero-order valence-electron chi connectivity index (χ0n) is 15.8. The van der Waals surface area contributed by atoms with Gasteiger partial charge in [0.1, 0.15) is 11.6 Å². The third-order valence-electron chi connectivity index (χ3n) is 4.45. The summed E-state index contributed by atoms with van der Waals surface area (Å²) in [7, 11) is 0. The molecule has 150 valence electrons. The molecule has 4 rings (SSSR count). The van der Waals surface area contributed by atoms with E-state index in [-0.39, 0.29) is 23.6 Å². The molecule has 2 unspecified atom stereocenters. The molecule has 1 aliphatic rings. The second-order valence-corrected chi connectivity index (χ2v) is 7.78. The van der Waals surface area contributed by atoms with Crippen molar-refractivity contribution in [1.29, 1.82) is 0 Å². The number of hydrazine groups is 1. The number of anilines is 2. The summed E-state index contributed by atoms with van der Waals surface area (Å²) in [4.78, 5) is 21.4. The van der Waals surface area contributed by atoms with E-state index in [2.05, 4.69) is 31.5 Å². The van der Waals surface area contributed by atoms with Crippen molar-refractivity contribution in [2.24, 2.45) is 0 Å². The van der Waals surface area contributed by atoms with Gasteiger partial charge in [0.2, 0.25) is 5.91 Å². The van der Waals surface area contributed by atoms with Crippen molar-refractivity contribution in [2.75, 3.05) is 11.1 Å². The summed E-state index contributed by atoms with van der Waals surface area (Å²) >= 11 is 1.27. The Balaban J connectivity index is 1.49. The lowest BCUT2D eigenvalue weighted by Crippen LogP contribution is -2.45. The van der Waals surface area contributed by atoms with Gasteiger partial charge in [-0.2, -0.15) is 0 Å². The van der Waals surface area contributed by atoms with Crippen LogP contribution in [0.3, 0.4) is 0 Å². The highest BCUT2D eigenvalue weighted by molar-refractivity contribution is 7.99. The average Bonchev–Trinajstić information content (AvgIpc) is 3.12. The van der Waals surface area contributed by atoms with Crippen LogP contribution in [0.5, 0.6) is 0 Å². The number of carbonyl (C=O) groups excluding carboxylic acids is 1. The van der Waals surface area contributed by atoms with Crippen LogP contribution in [0.15, 0.2) is 53.7 Å². The Bertz CT molecular complexity index is 1020. The van der Waals surface area contributed by atoms with Gasteiger partial charge in [-0.3, -0.25) is 10.2 Å². The van der Waals surface area contributed by atoms with E-state index in [1.165, 1.54) is 23.9 Å². The number of aromatic nitrogens is 2. The molecule has 0 spiro atoms. The number of hydrogen-bond donors (Lipinski definition) is 4. The first-order chi connectivity index (χ1) is 14.1. The third-order valence-corrected chi connectivity index (χ3v) is 5.30. The van der Waals surface area contributed by atoms with E-state index in [0.29, 0.717) is 17.0 Å². The molecule has 3 aromatic rings. The van der Waals surface area contributed by atoms with Crippen molar-refractivity contribution >= 4 is 40.1 Å². The van der Waals surface area contributed by atoms with Crippen molar-refractivity contribution in [3.63, 3.8) is 0 Å². The van der Waals surface area contributed by atoms with Gasteiger partial charge in [-0.25, -0.2) is 19.8 Å². The first-order valence-electron chi connectivity index (χ1n) is 9.29. The van der Waals surface area contributed by atoms with Gasteiger partial charge in [-0.05, 0) is 49.7 Å². The van der Waals surface area contributed by atoms with Crippen LogP contribution >= 0.6 is 11.8 Å². The number of rotatable bonds is 6. The number of carbonyl (C=O) groups is 1. The molecule has 2 aromatic carbocycles. The van der Waals surface area contributed by atoms with Crippen molar-refractivity contribution in [3.05, 3.63) is 54.3 Å². The van der Waals surface area contributed by atoms with E-state index < -0.39 is 0 Å². The summed E-state index contributed by atoms with van der Waals surface area (Å²) in [6.45, 7) is 2.05. The molecule has 0 radical (unpaired) electrons. The van der Waals surface area contributed by atoms with Gasteiger partial charge >= 0.3 is 0 Å². The Morgan fingerprint density at radius 1 is 1.17 bits per heavy atom. The van der Waals surface area contributed by atoms with Crippen LogP contribution < -0.4 is 21.5 Å². The van der Waals surface area contributed by atoms with Crippen molar-refractivity contribution in [3.8, 4) is 0 Å². The molecular formula is C20H21FN6OS. The van der Waals surface area contributed by atoms with Crippen molar-refractivity contribution in [1.82, 2.24) is 26.1 Å². The first-order valence-corrected chi connectivity index (χ1v) is 10.3. The zero-order valence-corrected chi connectivity index (χ0v) is 16.6. The monoisotopic (exact) mass is 412 g/mol. The predicted octanol–water partition coefficient (Wildman–Crippen LogP) is 2.93. The first kappa shape index (κ1) is 19.6. The number of benzene rings is 2. The summed E-state index contributed by atoms with van der Waals surface area (Å²) in [5.74, 6) is 0.432. The molecular weight excluding hydrogens is 391 g/mol. The molecule has 2 heterocycles. The number of para-hydroxylation sites is 1. The smallest absolute Gasteiger partial charge is 0.231 e. The quantitative estimate of drug-likeness (QED) is 0.366. The number of thioether (sulfide) groups is 1. The number of hydrogen-bond acceptors (Lipinski definition) is 7. The standard InChI is InChI=1S/C20H21FN6OS/c1-12-10-17(27-26-12)24-18(28)11-29-20-23-16-5-3-2-4-15(16)19(25-20)22-14-8-6-13(21)7-9-14/h2-9,12,17,26-27H,10-11H2,1H3,(H,24,28)(H,22,23,25). The van der Waals surface area contributed by atoms with Crippen LogP contribution in [0.4, 0.5) is 15.9 Å². The maximum absolute atomic E-state index is 13.2. The molecule has 1 saturated heterocycles. The van der Waals surface area contributed by atoms with E-state index in [4.69, 9.17) is 0 Å². The number of halogens is 1. The van der Waals surface area contributed by atoms with E-state index >= 15 is 0 Å². The van der Waals surface area contributed by atoms with Gasteiger partial charge in [0, 0.05) is 17.1 Å². The molecule has 29 heavy (non-hydrogen) atoms. The van der Waals surface area contributed by atoms with Gasteiger partial charge in [0.05, 0.1) is 17.4 Å². The normalized spacial score (nSPS) is 18.7. The van der Waals surface area contributed by atoms with Crippen LogP contribution in [0, 0.1) is 5.82 Å². The van der Waals surface area contributed by atoms with Crippen LogP contribution in [0.2, 0.25) is 0 Å². The minimum Gasteiger partial charge on any atom is -0.340 e. The Morgan fingerprint density at radius 3 is 2.72 bits per heavy atom. The maximum atomic E-state index is 13.2. The largest absolute Gasteiger partial charge is 0.340 e. The summed E-state index contributed by atoms with van der Waals surface area (Å²) in [6.07, 6.45) is 0.751. The fraction of sp³-hybridized carbons (Fsp3) is 0.250. The van der Waals surface area contributed by atoms with E-state index in [1.807, 2.05) is 31.2 Å². The van der Waals surface area contributed by atoms with Gasteiger partial charge in [0.25, 0.3) is 0 Å². The number of nitrogens with one attached hydrogen (secondary N) is 4. The van der Waals surface area contributed by atoms with Crippen LogP contribution in [0.1, 0.15) is 13.3 Å². The highest BCUT2D eigenvalue weighted by Crippen LogP contribution is 2.27. The molecule has 7 nitrogen and oxygen atoms in total. The fourth-order valence-electron chi connectivity index (χ4n) is 3.06. The summed E-state index contributed by atoms with van der Waals surface area (Å²) in [6, 6.07) is 14.0. The van der Waals surface area contributed by atoms with Gasteiger partial charge in [0.15, 0.2) is 5.16 Å². The molecule has 1 aromatic heterocycles. The Kier molecular flexibility index (Phi) is 5.89. The Labute approximate surface area is 171 Å². The van der Waals surface area contributed by atoms with Crippen LogP contribution in [-0.2, 0) is 4.79 Å². The second-order valence-electron chi connectivity index (χ2n) is 6.84. The predicted molar refractivity (Wildman–Crippen MR) is 112 cm³/mol.